The third kappa shape index (κ3) is 10.5. The van der Waals surface area contributed by atoms with Crippen molar-refractivity contribution in [2.75, 3.05) is 19.7 Å². The molecule has 7 heteroatoms. The van der Waals surface area contributed by atoms with Gasteiger partial charge in [-0.2, -0.15) is 0 Å². The van der Waals surface area contributed by atoms with Gasteiger partial charge in [-0.05, 0) is 62.4 Å². The topological polar surface area (TPSA) is 103 Å². The number of aryl methyl sites for hydroxylation is 1. The molecule has 0 aliphatic carbocycles. The predicted octanol–water partition coefficient (Wildman–Crippen LogP) is 3.30. The number of nitrogens with one attached hydrogen (secondary N) is 2. The van der Waals surface area contributed by atoms with Crippen molar-refractivity contribution in [3.8, 4) is 5.75 Å². The van der Waals surface area contributed by atoms with E-state index >= 15 is 0 Å². The van der Waals surface area contributed by atoms with Crippen LogP contribution in [0.1, 0.15) is 36.8 Å². The van der Waals surface area contributed by atoms with Crippen molar-refractivity contribution in [1.29, 1.82) is 0 Å². The Labute approximate surface area is 184 Å². The number of benzene rings is 2. The second-order valence-electron chi connectivity index (χ2n) is 7.41. The highest BCUT2D eigenvalue weighted by Crippen LogP contribution is 2.12. The van der Waals surface area contributed by atoms with Crippen molar-refractivity contribution in [2.45, 2.75) is 45.3 Å². The fourth-order valence-corrected chi connectivity index (χ4v) is 3.03. The van der Waals surface area contributed by atoms with Crippen LogP contribution >= 0.6 is 0 Å². The van der Waals surface area contributed by atoms with Crippen LogP contribution in [0.15, 0.2) is 54.6 Å². The minimum absolute atomic E-state index is 0.244. The number of carbonyl (C=O) groups excluding carboxylic acids is 2. The Morgan fingerprint density at radius 2 is 1.81 bits per heavy atom. The van der Waals surface area contributed by atoms with Gasteiger partial charge < -0.3 is 25.8 Å². The maximum absolute atomic E-state index is 11.7. The number of primary amides is 1. The molecule has 1 atom stereocenters. The lowest BCUT2D eigenvalue weighted by Crippen LogP contribution is -2.42. The van der Waals surface area contributed by atoms with E-state index in [2.05, 4.69) is 10.6 Å². The van der Waals surface area contributed by atoms with Crippen molar-refractivity contribution >= 4 is 12.0 Å². The van der Waals surface area contributed by atoms with Crippen LogP contribution in [0.25, 0.3) is 0 Å². The second kappa shape index (κ2) is 14.0. The molecule has 0 spiro atoms. The molecule has 0 radical (unpaired) electrons. The van der Waals surface area contributed by atoms with Gasteiger partial charge in [-0.1, -0.05) is 42.5 Å². The molecule has 2 aromatic rings. The molecule has 0 aliphatic heterocycles. The highest BCUT2D eigenvalue weighted by molar-refractivity contribution is 5.79. The Hall–Kier alpha value is -3.06. The molecule has 31 heavy (non-hydrogen) atoms. The fourth-order valence-electron chi connectivity index (χ4n) is 3.03. The number of hydrogen-bond donors (Lipinski definition) is 3. The average Bonchev–Trinajstić information content (AvgIpc) is 2.76. The average molecular weight is 428 g/mol. The van der Waals surface area contributed by atoms with Gasteiger partial charge in [-0.15, -0.1) is 0 Å². The molecule has 0 aromatic heterocycles. The molecule has 0 unspecified atom stereocenters. The van der Waals surface area contributed by atoms with Gasteiger partial charge in [-0.3, -0.25) is 4.79 Å². The molecule has 2 amide bonds. The minimum atomic E-state index is -0.443. The molecule has 4 N–H and O–H groups in total. The van der Waals surface area contributed by atoms with Crippen LogP contribution in [-0.4, -0.2) is 37.7 Å². The van der Waals surface area contributed by atoms with E-state index in [0.717, 1.165) is 36.1 Å². The van der Waals surface area contributed by atoms with Gasteiger partial charge in [0, 0.05) is 6.54 Å². The van der Waals surface area contributed by atoms with Crippen LogP contribution < -0.4 is 21.1 Å². The Balaban J connectivity index is 1.52. The third-order valence-electron chi connectivity index (χ3n) is 4.72. The number of amides is 2. The summed E-state index contributed by atoms with van der Waals surface area (Å²) in [5.74, 6) is 0.482. The van der Waals surface area contributed by atoms with E-state index in [1.54, 1.807) is 0 Å². The Kier molecular flexibility index (Phi) is 11.0. The molecule has 0 heterocycles. The summed E-state index contributed by atoms with van der Waals surface area (Å²) in [5.41, 5.74) is 7.59. The van der Waals surface area contributed by atoms with E-state index in [4.69, 9.17) is 15.2 Å². The van der Waals surface area contributed by atoms with Crippen LogP contribution in [-0.2, 0) is 16.1 Å². The zero-order valence-corrected chi connectivity index (χ0v) is 18.1. The van der Waals surface area contributed by atoms with Crippen molar-refractivity contribution < 1.29 is 19.1 Å². The lowest BCUT2D eigenvalue weighted by atomic mass is 10.1. The van der Waals surface area contributed by atoms with Gasteiger partial charge >= 0.3 is 6.09 Å². The van der Waals surface area contributed by atoms with Gasteiger partial charge in [0.1, 0.15) is 12.4 Å². The minimum Gasteiger partial charge on any atom is -0.494 e. The van der Waals surface area contributed by atoms with Gasteiger partial charge in [0.15, 0.2) is 0 Å². The second-order valence-corrected chi connectivity index (χ2v) is 7.41. The van der Waals surface area contributed by atoms with Crippen molar-refractivity contribution in [3.63, 3.8) is 0 Å². The van der Waals surface area contributed by atoms with Gasteiger partial charge in [0.2, 0.25) is 5.91 Å². The standard InChI is InChI=1S/C24H33N3O4/c1-19-9-7-12-21(17-19)30-16-8-15-26-22(23(25)28)13-5-6-14-27-24(29)31-18-20-10-3-2-4-11-20/h2-4,7,9-12,17,22,26H,5-6,8,13-16,18H2,1H3,(H2,25,28)(H,27,29)/t22-/m0/s1. The van der Waals surface area contributed by atoms with Crippen LogP contribution in [0.4, 0.5) is 4.79 Å². The summed E-state index contributed by atoms with van der Waals surface area (Å²) < 4.78 is 10.9. The summed E-state index contributed by atoms with van der Waals surface area (Å²) in [7, 11) is 0. The molecule has 0 fully saturated rings. The van der Waals surface area contributed by atoms with E-state index < -0.39 is 6.09 Å². The quantitative estimate of drug-likeness (QED) is 0.402. The third-order valence-corrected chi connectivity index (χ3v) is 4.72. The maximum Gasteiger partial charge on any atom is 0.407 e. The number of unbranched alkanes of at least 4 members (excludes halogenated alkanes) is 1. The van der Waals surface area contributed by atoms with Crippen LogP contribution in [0, 0.1) is 6.92 Å². The summed E-state index contributed by atoms with van der Waals surface area (Å²) in [5, 5.41) is 5.91. The highest BCUT2D eigenvalue weighted by atomic mass is 16.5. The number of ether oxygens (including phenoxy) is 2. The molecule has 2 rings (SSSR count). The lowest BCUT2D eigenvalue weighted by molar-refractivity contribution is -0.120. The van der Waals surface area contributed by atoms with Crippen LogP contribution in [0.5, 0.6) is 5.75 Å². The number of alkyl carbamates (subject to hydrolysis) is 1. The first kappa shape index (κ1) is 24.2. The molecule has 168 valence electrons. The van der Waals surface area contributed by atoms with E-state index in [9.17, 15) is 9.59 Å². The summed E-state index contributed by atoms with van der Waals surface area (Å²) in [6.45, 7) is 3.97. The van der Waals surface area contributed by atoms with Crippen molar-refractivity contribution in [2.24, 2.45) is 5.73 Å². The summed E-state index contributed by atoms with van der Waals surface area (Å²) in [6, 6.07) is 17.0. The Morgan fingerprint density at radius 1 is 1.00 bits per heavy atom. The first-order chi connectivity index (χ1) is 15.0. The zero-order chi connectivity index (χ0) is 22.3. The van der Waals surface area contributed by atoms with Crippen molar-refractivity contribution in [1.82, 2.24) is 10.6 Å². The molecule has 2 aromatic carbocycles. The maximum atomic E-state index is 11.7. The van der Waals surface area contributed by atoms with Crippen LogP contribution in [0.2, 0.25) is 0 Å². The predicted molar refractivity (Wildman–Crippen MR) is 121 cm³/mol. The summed E-state index contributed by atoms with van der Waals surface area (Å²) in [4.78, 5) is 23.4. The zero-order valence-electron chi connectivity index (χ0n) is 18.1. The molecular formula is C24H33N3O4. The highest BCUT2D eigenvalue weighted by Gasteiger charge is 2.13. The molecule has 0 aliphatic rings. The van der Waals surface area contributed by atoms with E-state index in [-0.39, 0.29) is 18.6 Å². The normalized spacial score (nSPS) is 11.5. The molecule has 0 saturated carbocycles. The summed E-state index contributed by atoms with van der Waals surface area (Å²) in [6.07, 6.45) is 2.45. The van der Waals surface area contributed by atoms with E-state index in [1.165, 1.54) is 0 Å². The monoisotopic (exact) mass is 427 g/mol. The smallest absolute Gasteiger partial charge is 0.407 e. The molecular weight excluding hydrogens is 394 g/mol. The first-order valence-corrected chi connectivity index (χ1v) is 10.7. The number of hydrogen-bond acceptors (Lipinski definition) is 5. The van der Waals surface area contributed by atoms with Gasteiger partial charge in [-0.25, -0.2) is 4.79 Å². The number of carbonyl (C=O) groups is 2. The van der Waals surface area contributed by atoms with Crippen molar-refractivity contribution in [3.05, 3.63) is 65.7 Å². The van der Waals surface area contributed by atoms with E-state index in [1.807, 2.05) is 61.5 Å². The first-order valence-electron chi connectivity index (χ1n) is 10.7. The van der Waals surface area contributed by atoms with Crippen LogP contribution in [0.3, 0.4) is 0 Å². The Morgan fingerprint density at radius 3 is 2.55 bits per heavy atom. The lowest BCUT2D eigenvalue weighted by Gasteiger charge is -2.15. The molecule has 0 saturated heterocycles. The number of rotatable bonds is 14. The summed E-state index contributed by atoms with van der Waals surface area (Å²) >= 11 is 0. The van der Waals surface area contributed by atoms with Gasteiger partial charge in [0.25, 0.3) is 0 Å². The SMILES string of the molecule is Cc1cccc(OCCCN[C@@H](CCCCNC(=O)OCc2ccccc2)C(N)=O)c1. The number of nitrogens with two attached hydrogens (primary N) is 1. The largest absolute Gasteiger partial charge is 0.494 e. The molecule has 7 nitrogen and oxygen atoms in total. The Bertz CT molecular complexity index is 798. The fraction of sp³-hybridized carbons (Fsp3) is 0.417. The van der Waals surface area contributed by atoms with E-state index in [0.29, 0.717) is 26.1 Å². The van der Waals surface area contributed by atoms with Gasteiger partial charge in [0.05, 0.1) is 12.6 Å². The molecule has 0 bridgehead atoms.